The Labute approximate surface area is 201 Å². The first-order chi connectivity index (χ1) is 13.2. The van der Waals surface area contributed by atoms with Gasteiger partial charge in [-0.15, -0.1) is 12.1 Å². The molecule has 0 atom stereocenters. The third-order valence-electron chi connectivity index (χ3n) is 3.94. The van der Waals surface area contributed by atoms with Gasteiger partial charge < -0.3 is 9.84 Å². The van der Waals surface area contributed by atoms with Crippen LogP contribution in [-0.4, -0.2) is 24.2 Å². The van der Waals surface area contributed by atoms with Crippen molar-refractivity contribution in [3.05, 3.63) is 54.1 Å². The van der Waals surface area contributed by atoms with Gasteiger partial charge in [0.05, 0.1) is 0 Å². The van der Waals surface area contributed by atoms with Crippen LogP contribution in [0.4, 0.5) is 5.69 Å². The molecule has 0 fully saturated rings. The van der Waals surface area contributed by atoms with Crippen LogP contribution < -0.4 is 20.7 Å². The summed E-state index contributed by atoms with van der Waals surface area (Å²) in [6.45, 7) is 5.77. The van der Waals surface area contributed by atoms with Crippen molar-refractivity contribution in [2.75, 3.05) is 18.2 Å². The molecule has 0 saturated heterocycles. The average molecular weight is 511 g/mol. The maximum Gasteiger partial charge on any atom is 0.278 e. The van der Waals surface area contributed by atoms with E-state index >= 15 is 0 Å². The Hall–Kier alpha value is -1.19. The van der Waals surface area contributed by atoms with E-state index in [2.05, 4.69) is 30.8 Å². The summed E-state index contributed by atoms with van der Waals surface area (Å²) in [5, 5.41) is 11.1. The van der Waals surface area contributed by atoms with Gasteiger partial charge in [0.15, 0.2) is 0 Å². The molecule has 0 heterocycles. The van der Waals surface area contributed by atoms with Crippen molar-refractivity contribution in [1.29, 1.82) is 0 Å². The van der Waals surface area contributed by atoms with E-state index in [-0.39, 0.29) is 47.3 Å². The number of benzene rings is 2. The van der Waals surface area contributed by atoms with Crippen LogP contribution in [0.5, 0.6) is 11.5 Å². The SMILES string of the molecule is CCCCNN(NCCCC)c1cc(C(=O)O)c[c-]c1Oc1ccccc1.[Ce]. The van der Waals surface area contributed by atoms with Gasteiger partial charge in [-0.3, -0.25) is 9.91 Å². The second kappa shape index (κ2) is 13.9. The molecule has 2 rings (SSSR count). The molecular formula is C21H28CeN3O3-. The zero-order valence-electron chi connectivity index (χ0n) is 16.5. The summed E-state index contributed by atoms with van der Waals surface area (Å²) in [6.07, 6.45) is 4.13. The van der Waals surface area contributed by atoms with Crippen molar-refractivity contribution in [2.45, 2.75) is 39.5 Å². The molecule has 0 bridgehead atoms. The summed E-state index contributed by atoms with van der Waals surface area (Å²) >= 11 is 0. The Morgan fingerprint density at radius 3 is 2.25 bits per heavy atom. The number of nitrogens with zero attached hydrogens (tertiary/aromatic N) is 1. The van der Waals surface area contributed by atoms with E-state index in [0.717, 1.165) is 38.8 Å². The molecule has 0 saturated carbocycles. The predicted octanol–water partition coefficient (Wildman–Crippen LogP) is 4.39. The third kappa shape index (κ3) is 8.04. The zero-order valence-corrected chi connectivity index (χ0v) is 19.6. The predicted molar refractivity (Wildman–Crippen MR) is 107 cm³/mol. The number of carbonyl (C=O) groups is 1. The van der Waals surface area contributed by atoms with Crippen LogP contribution in [0.3, 0.4) is 0 Å². The molecule has 0 unspecified atom stereocenters. The second-order valence-corrected chi connectivity index (χ2v) is 6.18. The minimum absolute atomic E-state index is 0. The van der Waals surface area contributed by atoms with Gasteiger partial charge in [-0.25, -0.2) is 10.9 Å². The van der Waals surface area contributed by atoms with Gasteiger partial charge in [-0.05, 0) is 30.5 Å². The number of hydrazine groups is 2. The van der Waals surface area contributed by atoms with Crippen molar-refractivity contribution >= 4 is 11.7 Å². The molecule has 0 aliphatic carbocycles. The minimum Gasteiger partial charge on any atom is -0.487 e. The number of carboxylic acids is 1. The van der Waals surface area contributed by atoms with E-state index in [4.69, 9.17) is 4.74 Å². The molecule has 150 valence electrons. The van der Waals surface area contributed by atoms with Crippen molar-refractivity contribution in [2.24, 2.45) is 0 Å². The number of aromatic carboxylic acids is 1. The summed E-state index contributed by atoms with van der Waals surface area (Å²) in [6, 6.07) is 15.4. The Morgan fingerprint density at radius 2 is 1.71 bits per heavy atom. The van der Waals surface area contributed by atoms with Gasteiger partial charge in [0.25, 0.3) is 5.97 Å². The molecule has 2 aromatic carbocycles. The van der Waals surface area contributed by atoms with E-state index < -0.39 is 5.97 Å². The van der Waals surface area contributed by atoms with Gasteiger partial charge in [-0.1, -0.05) is 44.9 Å². The van der Waals surface area contributed by atoms with Crippen molar-refractivity contribution in [3.63, 3.8) is 0 Å². The summed E-state index contributed by atoms with van der Waals surface area (Å²) in [4.78, 5) is 11.4. The van der Waals surface area contributed by atoms with Gasteiger partial charge in [0.2, 0.25) is 0 Å². The van der Waals surface area contributed by atoms with Gasteiger partial charge in [-0.2, -0.15) is 6.07 Å². The number of anilines is 1. The smallest absolute Gasteiger partial charge is 0.278 e. The Balaban J connectivity index is 0.00000392. The van der Waals surface area contributed by atoms with Crippen LogP contribution in [0.25, 0.3) is 0 Å². The summed E-state index contributed by atoms with van der Waals surface area (Å²) in [5.74, 6) is 0.125. The first kappa shape index (κ1) is 24.8. The number of unbranched alkanes of at least 4 members (excludes halogenated alkanes) is 2. The third-order valence-corrected chi connectivity index (χ3v) is 3.94. The van der Waals surface area contributed by atoms with Crippen LogP contribution >= 0.6 is 0 Å². The average Bonchev–Trinajstić information content (AvgIpc) is 2.68. The van der Waals surface area contributed by atoms with Gasteiger partial charge in [0.1, 0.15) is 5.75 Å². The maximum atomic E-state index is 11.4. The topological polar surface area (TPSA) is 73.8 Å². The number of rotatable bonds is 12. The molecule has 0 spiro atoms. The molecule has 0 aliphatic heterocycles. The van der Waals surface area contributed by atoms with E-state index in [1.54, 1.807) is 11.2 Å². The normalized spacial score (nSPS) is 10.2. The maximum absolute atomic E-state index is 11.4. The molecule has 0 aliphatic rings. The number of ether oxygens (including phenoxy) is 1. The van der Waals surface area contributed by atoms with Crippen LogP contribution in [0.2, 0.25) is 0 Å². The second-order valence-electron chi connectivity index (χ2n) is 6.18. The van der Waals surface area contributed by atoms with E-state index in [1.165, 1.54) is 6.07 Å². The Kier molecular flexibility index (Phi) is 12.3. The largest absolute Gasteiger partial charge is 0.487 e. The Morgan fingerprint density at radius 1 is 1.11 bits per heavy atom. The van der Waals surface area contributed by atoms with E-state index in [9.17, 15) is 9.90 Å². The monoisotopic (exact) mass is 510 g/mol. The quantitative estimate of drug-likeness (QED) is 0.223. The van der Waals surface area contributed by atoms with Crippen molar-refractivity contribution < 1.29 is 56.4 Å². The summed E-state index contributed by atoms with van der Waals surface area (Å²) < 4.78 is 5.97. The van der Waals surface area contributed by atoms with E-state index in [1.807, 2.05) is 30.3 Å². The number of para-hydroxylation sites is 1. The number of carboxylic acid groups (broad SMARTS) is 1. The molecule has 7 heteroatoms. The first-order valence-corrected chi connectivity index (χ1v) is 9.44. The molecule has 0 amide bonds. The standard InChI is InChI=1S/C21H28N3O3.Ce/c1-3-5-14-22-24(23-15-6-4-2)19-16-17(21(25)26)12-13-20(19)27-18-10-8-7-9-11-18;/h7-12,16,22-23H,3-6,14-15H2,1-2H3,(H,25,26);/q-1;. The molecule has 2 aromatic rings. The van der Waals surface area contributed by atoms with Crippen LogP contribution in [-0.2, 0) is 0 Å². The fraction of sp³-hybridized carbons (Fsp3) is 0.381. The fourth-order valence-corrected chi connectivity index (χ4v) is 2.41. The van der Waals surface area contributed by atoms with Gasteiger partial charge >= 0.3 is 0 Å². The minimum atomic E-state index is -0.999. The van der Waals surface area contributed by atoms with Crippen LogP contribution in [0.1, 0.15) is 49.9 Å². The fourth-order valence-electron chi connectivity index (χ4n) is 2.41. The van der Waals surface area contributed by atoms with Gasteiger partial charge in [0, 0.05) is 66.3 Å². The first-order valence-electron chi connectivity index (χ1n) is 9.44. The van der Waals surface area contributed by atoms with Crippen molar-refractivity contribution in [1.82, 2.24) is 10.9 Å². The van der Waals surface area contributed by atoms with Crippen molar-refractivity contribution in [3.8, 4) is 11.5 Å². The summed E-state index contributed by atoms with van der Waals surface area (Å²) in [5.41, 5.74) is 7.38. The molecule has 6 nitrogen and oxygen atoms in total. The molecule has 3 N–H and O–H groups in total. The number of hydrogen-bond donors (Lipinski definition) is 3. The van der Waals surface area contributed by atoms with E-state index in [0.29, 0.717) is 17.2 Å². The summed E-state index contributed by atoms with van der Waals surface area (Å²) in [7, 11) is 0. The molecule has 0 aromatic heterocycles. The number of nitrogens with one attached hydrogen (secondary N) is 2. The van der Waals surface area contributed by atoms with Crippen LogP contribution in [0.15, 0.2) is 42.5 Å². The zero-order chi connectivity index (χ0) is 19.5. The van der Waals surface area contributed by atoms with Crippen LogP contribution in [0, 0.1) is 47.8 Å². The molecular weight excluding hydrogens is 482 g/mol. The Bertz CT molecular complexity index is 703. The number of hydrogen-bond acceptors (Lipinski definition) is 5. The molecule has 0 radical (unpaired) electrons. The molecule has 28 heavy (non-hydrogen) atoms.